The van der Waals surface area contributed by atoms with Crippen molar-refractivity contribution in [3.05, 3.63) is 35.9 Å². The minimum Gasteiger partial charge on any atom is -0.396 e. The summed E-state index contributed by atoms with van der Waals surface area (Å²) in [6, 6.07) is 11.5. The van der Waals surface area contributed by atoms with Gasteiger partial charge < -0.3 is 5.11 Å². The lowest BCUT2D eigenvalue weighted by Crippen LogP contribution is -2.36. The summed E-state index contributed by atoms with van der Waals surface area (Å²) in [6.07, 6.45) is 7.49. The van der Waals surface area contributed by atoms with Crippen LogP contribution < -0.4 is 0 Å². The van der Waals surface area contributed by atoms with Gasteiger partial charge in [0, 0.05) is 25.7 Å². The van der Waals surface area contributed by atoms with Gasteiger partial charge in [0.15, 0.2) is 0 Å². The standard InChI is InChI=1S/C16H25NO/c18-14-6-12-17(16-9-4-5-10-16)13-11-15-7-2-1-3-8-15/h1-3,7-8,16,18H,4-6,9-14H2. The van der Waals surface area contributed by atoms with E-state index in [4.69, 9.17) is 5.11 Å². The Kier molecular flexibility index (Phi) is 5.69. The van der Waals surface area contributed by atoms with Crippen molar-refractivity contribution in [3.63, 3.8) is 0 Å². The normalized spacial score (nSPS) is 16.6. The summed E-state index contributed by atoms with van der Waals surface area (Å²) < 4.78 is 0. The van der Waals surface area contributed by atoms with E-state index in [0.717, 1.165) is 32.0 Å². The van der Waals surface area contributed by atoms with E-state index in [1.807, 2.05) is 0 Å². The first-order valence-electron chi connectivity index (χ1n) is 7.29. The van der Waals surface area contributed by atoms with Crippen molar-refractivity contribution >= 4 is 0 Å². The fourth-order valence-electron chi connectivity index (χ4n) is 2.94. The van der Waals surface area contributed by atoms with Crippen molar-refractivity contribution in [3.8, 4) is 0 Å². The highest BCUT2D eigenvalue weighted by atomic mass is 16.3. The largest absolute Gasteiger partial charge is 0.396 e. The Bertz CT molecular complexity index is 319. The van der Waals surface area contributed by atoms with E-state index in [2.05, 4.69) is 35.2 Å². The van der Waals surface area contributed by atoms with E-state index < -0.39 is 0 Å². The SMILES string of the molecule is OCCCN(CCc1ccccc1)C1CCCC1. The van der Waals surface area contributed by atoms with Gasteiger partial charge in [-0.1, -0.05) is 43.2 Å². The van der Waals surface area contributed by atoms with Gasteiger partial charge in [-0.05, 0) is 31.2 Å². The average Bonchev–Trinajstić information content (AvgIpc) is 2.94. The minimum absolute atomic E-state index is 0.314. The van der Waals surface area contributed by atoms with Crippen LogP contribution in [-0.4, -0.2) is 35.7 Å². The number of nitrogens with zero attached hydrogens (tertiary/aromatic N) is 1. The van der Waals surface area contributed by atoms with Gasteiger partial charge in [-0.25, -0.2) is 0 Å². The summed E-state index contributed by atoms with van der Waals surface area (Å²) in [7, 11) is 0. The summed E-state index contributed by atoms with van der Waals surface area (Å²) in [5.74, 6) is 0. The number of aliphatic hydroxyl groups excluding tert-OH is 1. The first-order chi connectivity index (χ1) is 8.90. The molecule has 1 aromatic carbocycles. The second-order valence-corrected chi connectivity index (χ2v) is 5.29. The van der Waals surface area contributed by atoms with Crippen LogP contribution in [0.2, 0.25) is 0 Å². The van der Waals surface area contributed by atoms with Crippen molar-refractivity contribution < 1.29 is 5.11 Å². The van der Waals surface area contributed by atoms with Crippen LogP contribution >= 0.6 is 0 Å². The summed E-state index contributed by atoms with van der Waals surface area (Å²) in [5, 5.41) is 9.02. The molecule has 1 saturated carbocycles. The van der Waals surface area contributed by atoms with E-state index in [0.29, 0.717) is 6.61 Å². The van der Waals surface area contributed by atoms with Crippen LogP contribution in [0.1, 0.15) is 37.7 Å². The topological polar surface area (TPSA) is 23.5 Å². The van der Waals surface area contributed by atoms with E-state index in [9.17, 15) is 0 Å². The predicted molar refractivity (Wildman–Crippen MR) is 75.7 cm³/mol. The maximum atomic E-state index is 9.02. The Morgan fingerprint density at radius 1 is 1.06 bits per heavy atom. The molecule has 0 saturated heterocycles. The van der Waals surface area contributed by atoms with Gasteiger partial charge in [-0.2, -0.15) is 0 Å². The highest BCUT2D eigenvalue weighted by Crippen LogP contribution is 2.23. The van der Waals surface area contributed by atoms with Crippen LogP contribution in [0.15, 0.2) is 30.3 Å². The summed E-state index contributed by atoms with van der Waals surface area (Å²) >= 11 is 0. The smallest absolute Gasteiger partial charge is 0.0443 e. The van der Waals surface area contributed by atoms with E-state index in [1.54, 1.807) is 0 Å². The van der Waals surface area contributed by atoms with Crippen LogP contribution in [-0.2, 0) is 6.42 Å². The number of benzene rings is 1. The van der Waals surface area contributed by atoms with E-state index in [1.165, 1.54) is 31.2 Å². The molecule has 1 N–H and O–H groups in total. The number of hydrogen-bond acceptors (Lipinski definition) is 2. The fourth-order valence-corrected chi connectivity index (χ4v) is 2.94. The summed E-state index contributed by atoms with van der Waals surface area (Å²) in [6.45, 7) is 2.50. The zero-order chi connectivity index (χ0) is 12.6. The molecule has 0 radical (unpaired) electrons. The van der Waals surface area contributed by atoms with Crippen molar-refractivity contribution in [1.29, 1.82) is 0 Å². The molecule has 1 fully saturated rings. The second-order valence-electron chi connectivity index (χ2n) is 5.29. The average molecular weight is 247 g/mol. The van der Waals surface area contributed by atoms with Crippen LogP contribution in [0, 0.1) is 0 Å². The molecule has 0 heterocycles. The molecule has 1 aliphatic carbocycles. The second kappa shape index (κ2) is 7.55. The number of hydrogen-bond donors (Lipinski definition) is 1. The predicted octanol–water partition coefficient (Wildman–Crippen LogP) is 2.86. The van der Waals surface area contributed by atoms with Crippen molar-refractivity contribution in [2.24, 2.45) is 0 Å². The van der Waals surface area contributed by atoms with E-state index >= 15 is 0 Å². The molecular weight excluding hydrogens is 222 g/mol. The zero-order valence-electron chi connectivity index (χ0n) is 11.2. The van der Waals surface area contributed by atoms with Crippen LogP contribution in [0.5, 0.6) is 0 Å². The third kappa shape index (κ3) is 4.11. The molecule has 2 nitrogen and oxygen atoms in total. The lowest BCUT2D eigenvalue weighted by atomic mass is 10.1. The molecule has 0 bridgehead atoms. The number of rotatable bonds is 7. The lowest BCUT2D eigenvalue weighted by Gasteiger charge is -2.28. The molecule has 0 unspecified atom stereocenters. The van der Waals surface area contributed by atoms with Gasteiger partial charge in [-0.3, -0.25) is 4.90 Å². The summed E-state index contributed by atoms with van der Waals surface area (Å²) in [5.41, 5.74) is 1.42. The molecule has 0 amide bonds. The fraction of sp³-hybridized carbons (Fsp3) is 0.625. The van der Waals surface area contributed by atoms with Crippen molar-refractivity contribution in [1.82, 2.24) is 4.90 Å². The Hall–Kier alpha value is -0.860. The molecule has 0 spiro atoms. The van der Waals surface area contributed by atoms with Crippen molar-refractivity contribution in [2.75, 3.05) is 19.7 Å². The molecule has 100 valence electrons. The minimum atomic E-state index is 0.314. The third-order valence-electron chi connectivity index (χ3n) is 3.98. The molecule has 0 atom stereocenters. The first kappa shape index (κ1) is 13.6. The van der Waals surface area contributed by atoms with Gasteiger partial charge in [0.2, 0.25) is 0 Å². The lowest BCUT2D eigenvalue weighted by molar-refractivity contribution is 0.177. The first-order valence-corrected chi connectivity index (χ1v) is 7.29. The highest BCUT2D eigenvalue weighted by molar-refractivity contribution is 5.14. The molecular formula is C16H25NO. The maximum Gasteiger partial charge on any atom is 0.0443 e. The van der Waals surface area contributed by atoms with Gasteiger partial charge in [0.05, 0.1) is 0 Å². The quantitative estimate of drug-likeness (QED) is 0.801. The molecule has 18 heavy (non-hydrogen) atoms. The Labute approximate surface area is 111 Å². The number of aliphatic hydroxyl groups is 1. The molecule has 0 aliphatic heterocycles. The Morgan fingerprint density at radius 2 is 1.78 bits per heavy atom. The molecule has 2 rings (SSSR count). The highest BCUT2D eigenvalue weighted by Gasteiger charge is 2.21. The van der Waals surface area contributed by atoms with Gasteiger partial charge in [-0.15, -0.1) is 0 Å². The van der Waals surface area contributed by atoms with Crippen LogP contribution in [0.25, 0.3) is 0 Å². The Balaban J connectivity index is 1.84. The maximum absolute atomic E-state index is 9.02. The van der Waals surface area contributed by atoms with Gasteiger partial charge in [0.25, 0.3) is 0 Å². The zero-order valence-corrected chi connectivity index (χ0v) is 11.2. The monoisotopic (exact) mass is 247 g/mol. The molecule has 1 aliphatic rings. The van der Waals surface area contributed by atoms with Crippen LogP contribution in [0.4, 0.5) is 0 Å². The van der Waals surface area contributed by atoms with Crippen molar-refractivity contribution in [2.45, 2.75) is 44.6 Å². The van der Waals surface area contributed by atoms with Gasteiger partial charge in [0.1, 0.15) is 0 Å². The summed E-state index contributed by atoms with van der Waals surface area (Å²) in [4.78, 5) is 2.59. The van der Waals surface area contributed by atoms with Gasteiger partial charge >= 0.3 is 0 Å². The molecule has 1 aromatic rings. The van der Waals surface area contributed by atoms with Crippen LogP contribution in [0.3, 0.4) is 0 Å². The molecule has 0 aromatic heterocycles. The Morgan fingerprint density at radius 3 is 2.44 bits per heavy atom. The molecule has 2 heteroatoms. The third-order valence-corrected chi connectivity index (χ3v) is 3.98. The van der Waals surface area contributed by atoms with E-state index in [-0.39, 0.29) is 0 Å².